The van der Waals surface area contributed by atoms with E-state index >= 15 is 0 Å². The summed E-state index contributed by atoms with van der Waals surface area (Å²) in [4.78, 5) is 0. The zero-order valence-corrected chi connectivity index (χ0v) is 8.53. The molecule has 0 aliphatic rings. The summed E-state index contributed by atoms with van der Waals surface area (Å²) in [5.74, 6) is 0. The van der Waals surface area contributed by atoms with Crippen molar-refractivity contribution in [2.24, 2.45) is 0 Å². The summed E-state index contributed by atoms with van der Waals surface area (Å²) in [6, 6.07) is 0. The topological polar surface area (TPSA) is 35.5 Å². The Morgan fingerprint density at radius 2 is 2.09 bits per heavy atom. The summed E-state index contributed by atoms with van der Waals surface area (Å²) in [6.45, 7) is -0.112. The smallest absolute Gasteiger partial charge is 0.292 e. The Morgan fingerprint density at radius 1 is 1.45 bits per heavy atom. The third-order valence-electron chi connectivity index (χ3n) is 1.05. The highest BCUT2D eigenvalue weighted by Crippen LogP contribution is 2.51. The zero-order chi connectivity index (χ0) is 8.74. The lowest BCUT2D eigenvalue weighted by Gasteiger charge is -2.09. The van der Waals surface area contributed by atoms with E-state index in [4.69, 9.17) is 20.5 Å². The van der Waals surface area contributed by atoms with E-state index in [0.29, 0.717) is 13.2 Å². The van der Waals surface area contributed by atoms with E-state index in [2.05, 4.69) is 0 Å². The first-order chi connectivity index (χ1) is 5.12. The molecule has 0 amide bonds. The third-order valence-corrected chi connectivity index (χ3v) is 3.14. The molecule has 0 rings (SSSR count). The Balaban J connectivity index is 3.53. The van der Waals surface area contributed by atoms with Gasteiger partial charge in [-0.15, -0.1) is 0 Å². The Hall–Kier alpha value is 0.440. The minimum absolute atomic E-state index is 0.283. The lowest BCUT2D eigenvalue weighted by atomic mass is 10.5. The first-order valence-electron chi connectivity index (χ1n) is 3.54. The van der Waals surface area contributed by atoms with Crippen molar-refractivity contribution < 1.29 is 13.8 Å². The second-order valence-corrected chi connectivity index (χ2v) is 5.57. The van der Waals surface area contributed by atoms with Crippen molar-refractivity contribution in [2.45, 2.75) is 13.3 Å². The van der Waals surface area contributed by atoms with E-state index in [0.717, 1.165) is 6.42 Å². The molecule has 11 heavy (non-hydrogen) atoms. The molecular formula is C6H14ClO3P. The van der Waals surface area contributed by atoms with Crippen LogP contribution in [-0.2, 0) is 13.8 Å². The number of hydrogen-bond donors (Lipinski definition) is 0. The Labute approximate surface area is 72.3 Å². The molecule has 0 N–H and O–H groups in total. The fourth-order valence-electron chi connectivity index (χ4n) is 0.492. The maximum atomic E-state index is 11.2. The Bertz CT molecular complexity index is 128. The van der Waals surface area contributed by atoms with E-state index in [-0.39, 0.29) is 6.16 Å². The fraction of sp³-hybridized carbons (Fsp3) is 1.00. The number of ether oxygens (including phenoxy) is 1. The number of hydrogen-bond acceptors (Lipinski definition) is 3. The van der Waals surface area contributed by atoms with Crippen molar-refractivity contribution in [3.05, 3.63) is 0 Å². The largest absolute Gasteiger partial charge is 0.384 e. The summed E-state index contributed by atoms with van der Waals surface area (Å²) in [5.41, 5.74) is 0. The molecule has 0 aliphatic heterocycles. The van der Waals surface area contributed by atoms with E-state index in [1.165, 1.54) is 7.11 Å². The van der Waals surface area contributed by atoms with Gasteiger partial charge >= 0.3 is 0 Å². The highest BCUT2D eigenvalue weighted by molar-refractivity contribution is 7.85. The third kappa shape index (κ3) is 6.82. The minimum atomic E-state index is -2.88. The second kappa shape index (κ2) is 6.01. The molecule has 0 aromatic rings. The molecule has 0 saturated carbocycles. The Morgan fingerprint density at radius 3 is 2.55 bits per heavy atom. The summed E-state index contributed by atoms with van der Waals surface area (Å²) >= 11 is 5.55. The van der Waals surface area contributed by atoms with E-state index < -0.39 is 6.72 Å². The van der Waals surface area contributed by atoms with E-state index in [1.807, 2.05) is 6.92 Å². The van der Waals surface area contributed by atoms with E-state index in [9.17, 15) is 4.57 Å². The molecule has 1 atom stereocenters. The minimum Gasteiger partial charge on any atom is -0.384 e. The molecule has 5 heteroatoms. The van der Waals surface area contributed by atoms with Crippen LogP contribution in [0.5, 0.6) is 0 Å². The molecule has 68 valence electrons. The van der Waals surface area contributed by atoms with Crippen LogP contribution in [0.1, 0.15) is 13.3 Å². The van der Waals surface area contributed by atoms with Gasteiger partial charge < -0.3 is 9.26 Å². The van der Waals surface area contributed by atoms with Gasteiger partial charge in [0.1, 0.15) is 0 Å². The quantitative estimate of drug-likeness (QED) is 0.618. The van der Waals surface area contributed by atoms with Crippen LogP contribution in [0.15, 0.2) is 0 Å². The van der Waals surface area contributed by atoms with Gasteiger partial charge in [-0.3, -0.25) is 4.57 Å². The van der Waals surface area contributed by atoms with Gasteiger partial charge in [0, 0.05) is 7.11 Å². The number of rotatable bonds is 6. The zero-order valence-electron chi connectivity index (χ0n) is 6.88. The van der Waals surface area contributed by atoms with Crippen molar-refractivity contribution in [1.29, 1.82) is 0 Å². The molecule has 0 fully saturated rings. The second-order valence-electron chi connectivity index (χ2n) is 2.14. The molecule has 0 spiro atoms. The molecular weight excluding hydrogens is 186 g/mol. The van der Waals surface area contributed by atoms with Gasteiger partial charge in [0.2, 0.25) is 0 Å². The van der Waals surface area contributed by atoms with Crippen molar-refractivity contribution in [3.8, 4) is 0 Å². The fourth-order valence-corrected chi connectivity index (χ4v) is 1.89. The normalized spacial score (nSPS) is 16.3. The lowest BCUT2D eigenvalue weighted by molar-refractivity contribution is 0.212. The molecule has 0 saturated heterocycles. The van der Waals surface area contributed by atoms with Gasteiger partial charge in [0.25, 0.3) is 6.72 Å². The van der Waals surface area contributed by atoms with Crippen molar-refractivity contribution in [2.75, 3.05) is 26.5 Å². The van der Waals surface area contributed by atoms with Crippen LogP contribution in [0.4, 0.5) is 0 Å². The number of methoxy groups -OCH3 is 1. The average Bonchev–Trinajstić information content (AvgIpc) is 1.97. The Kier molecular flexibility index (Phi) is 6.25. The summed E-state index contributed by atoms with van der Waals surface area (Å²) < 4.78 is 20.8. The van der Waals surface area contributed by atoms with Crippen LogP contribution in [0.25, 0.3) is 0 Å². The molecule has 0 bridgehead atoms. The molecule has 0 radical (unpaired) electrons. The van der Waals surface area contributed by atoms with Gasteiger partial charge in [0.15, 0.2) is 0 Å². The monoisotopic (exact) mass is 200 g/mol. The van der Waals surface area contributed by atoms with E-state index in [1.54, 1.807) is 0 Å². The highest BCUT2D eigenvalue weighted by atomic mass is 35.7. The molecule has 0 heterocycles. The van der Waals surface area contributed by atoms with Crippen LogP contribution < -0.4 is 0 Å². The standard InChI is InChI=1S/C6H14ClO3P/c1-3-4-10-11(7,8)6-5-9-2/h3-6H2,1-2H3. The molecule has 1 unspecified atom stereocenters. The SMILES string of the molecule is CCCOP(=O)(Cl)CCOC. The molecule has 0 aromatic heterocycles. The van der Waals surface area contributed by atoms with Crippen LogP contribution in [0.2, 0.25) is 0 Å². The maximum absolute atomic E-state index is 11.2. The maximum Gasteiger partial charge on any atom is 0.292 e. The summed E-state index contributed by atoms with van der Waals surface area (Å²) in [5, 5.41) is 0. The van der Waals surface area contributed by atoms with Crippen molar-refractivity contribution in [3.63, 3.8) is 0 Å². The number of halogens is 1. The van der Waals surface area contributed by atoms with Crippen LogP contribution in [-0.4, -0.2) is 26.5 Å². The van der Waals surface area contributed by atoms with Gasteiger partial charge in [-0.2, -0.15) is 0 Å². The van der Waals surface area contributed by atoms with Crippen molar-refractivity contribution in [1.82, 2.24) is 0 Å². The molecule has 0 aromatic carbocycles. The molecule has 3 nitrogen and oxygen atoms in total. The first-order valence-corrected chi connectivity index (χ1v) is 6.26. The average molecular weight is 201 g/mol. The predicted octanol–water partition coefficient (Wildman–Crippen LogP) is 2.49. The van der Waals surface area contributed by atoms with Crippen LogP contribution in [0, 0.1) is 0 Å². The van der Waals surface area contributed by atoms with Crippen LogP contribution in [0.3, 0.4) is 0 Å². The van der Waals surface area contributed by atoms with Crippen LogP contribution >= 0.6 is 18.0 Å². The first kappa shape index (κ1) is 11.4. The molecule has 0 aliphatic carbocycles. The van der Waals surface area contributed by atoms with Gasteiger partial charge in [-0.05, 0) is 17.7 Å². The highest BCUT2D eigenvalue weighted by Gasteiger charge is 2.17. The van der Waals surface area contributed by atoms with Gasteiger partial charge in [-0.1, -0.05) is 6.92 Å². The summed E-state index contributed by atoms with van der Waals surface area (Å²) in [7, 11) is 1.54. The van der Waals surface area contributed by atoms with Gasteiger partial charge in [-0.25, -0.2) is 0 Å². The van der Waals surface area contributed by atoms with Crippen molar-refractivity contribution >= 4 is 18.0 Å². The lowest BCUT2D eigenvalue weighted by Crippen LogP contribution is -1.98. The van der Waals surface area contributed by atoms with Gasteiger partial charge in [0.05, 0.1) is 19.4 Å². The predicted molar refractivity (Wildman–Crippen MR) is 46.4 cm³/mol. The summed E-state index contributed by atoms with van der Waals surface area (Å²) in [6.07, 6.45) is 1.11.